The van der Waals surface area contributed by atoms with Gasteiger partial charge in [0.1, 0.15) is 0 Å². The molecule has 0 spiro atoms. The Morgan fingerprint density at radius 1 is 1.33 bits per heavy atom. The third-order valence-electron chi connectivity index (χ3n) is 4.42. The SMILES string of the molecule is CCCC1(C(=O)O)CCN(Cc2cccc(Cl)c2Cl)CC1. The number of rotatable bonds is 5. The molecule has 0 bridgehead atoms. The molecular formula is C16H21Cl2NO2. The van der Waals surface area contributed by atoms with Crippen LogP contribution >= 0.6 is 23.2 Å². The zero-order valence-corrected chi connectivity index (χ0v) is 13.8. The number of hydrogen-bond acceptors (Lipinski definition) is 2. The van der Waals surface area contributed by atoms with Crippen LogP contribution in [0.2, 0.25) is 10.0 Å². The van der Waals surface area contributed by atoms with Crippen molar-refractivity contribution in [2.45, 2.75) is 39.2 Å². The molecule has 1 aliphatic rings. The average Bonchev–Trinajstić information content (AvgIpc) is 2.46. The molecule has 1 aromatic rings. The summed E-state index contributed by atoms with van der Waals surface area (Å²) in [5.74, 6) is -0.648. The van der Waals surface area contributed by atoms with Crippen molar-refractivity contribution in [1.29, 1.82) is 0 Å². The number of nitrogens with zero attached hydrogens (tertiary/aromatic N) is 1. The van der Waals surface area contributed by atoms with Gasteiger partial charge in [-0.05, 0) is 44.0 Å². The molecule has 0 aromatic heterocycles. The second-order valence-corrected chi connectivity index (χ2v) is 6.61. The van der Waals surface area contributed by atoms with E-state index in [1.165, 1.54) is 0 Å². The molecule has 21 heavy (non-hydrogen) atoms. The summed E-state index contributed by atoms with van der Waals surface area (Å²) in [6.45, 7) is 4.34. The van der Waals surface area contributed by atoms with Crippen molar-refractivity contribution in [3.63, 3.8) is 0 Å². The highest BCUT2D eigenvalue weighted by Gasteiger charge is 2.40. The minimum atomic E-state index is -0.648. The van der Waals surface area contributed by atoms with Gasteiger partial charge in [-0.15, -0.1) is 0 Å². The molecule has 1 aliphatic heterocycles. The Bertz CT molecular complexity index is 511. The standard InChI is InChI=1S/C16H21Cl2NO2/c1-2-6-16(15(20)21)7-9-19(10-8-16)11-12-4-3-5-13(17)14(12)18/h3-5H,2,6-11H2,1H3,(H,20,21). The van der Waals surface area contributed by atoms with E-state index in [0.717, 1.165) is 38.0 Å². The van der Waals surface area contributed by atoms with Crippen LogP contribution in [-0.2, 0) is 11.3 Å². The van der Waals surface area contributed by atoms with Crippen molar-refractivity contribution in [2.24, 2.45) is 5.41 Å². The van der Waals surface area contributed by atoms with E-state index in [0.29, 0.717) is 22.9 Å². The van der Waals surface area contributed by atoms with Gasteiger partial charge in [-0.3, -0.25) is 9.69 Å². The summed E-state index contributed by atoms with van der Waals surface area (Å²) < 4.78 is 0. The summed E-state index contributed by atoms with van der Waals surface area (Å²) in [4.78, 5) is 13.8. The van der Waals surface area contributed by atoms with E-state index in [1.54, 1.807) is 6.07 Å². The molecule has 0 amide bonds. The van der Waals surface area contributed by atoms with Gasteiger partial charge in [0.2, 0.25) is 0 Å². The van der Waals surface area contributed by atoms with Crippen LogP contribution in [0, 0.1) is 5.41 Å². The Morgan fingerprint density at radius 3 is 2.57 bits per heavy atom. The Labute approximate surface area is 135 Å². The minimum absolute atomic E-state index is 0.538. The number of carboxylic acid groups (broad SMARTS) is 1. The van der Waals surface area contributed by atoms with Crippen molar-refractivity contribution >= 4 is 29.2 Å². The van der Waals surface area contributed by atoms with Gasteiger partial charge in [-0.1, -0.05) is 48.7 Å². The van der Waals surface area contributed by atoms with E-state index in [2.05, 4.69) is 4.90 Å². The lowest BCUT2D eigenvalue weighted by molar-refractivity contribution is -0.152. The molecular weight excluding hydrogens is 309 g/mol. The van der Waals surface area contributed by atoms with Gasteiger partial charge in [0.15, 0.2) is 0 Å². The van der Waals surface area contributed by atoms with Gasteiger partial charge in [-0.2, -0.15) is 0 Å². The summed E-state index contributed by atoms with van der Waals surface area (Å²) in [5.41, 5.74) is 0.464. The molecule has 0 unspecified atom stereocenters. The van der Waals surface area contributed by atoms with E-state index in [4.69, 9.17) is 23.2 Å². The first-order valence-electron chi connectivity index (χ1n) is 7.37. The first kappa shape index (κ1) is 16.6. The fourth-order valence-electron chi connectivity index (χ4n) is 3.10. The van der Waals surface area contributed by atoms with E-state index in [1.807, 2.05) is 19.1 Å². The summed E-state index contributed by atoms with van der Waals surface area (Å²) in [5, 5.41) is 10.7. The fourth-order valence-corrected chi connectivity index (χ4v) is 3.48. The summed E-state index contributed by atoms with van der Waals surface area (Å²) in [6, 6.07) is 5.64. The highest BCUT2D eigenvalue weighted by atomic mass is 35.5. The monoisotopic (exact) mass is 329 g/mol. The maximum atomic E-state index is 11.6. The van der Waals surface area contributed by atoms with Crippen LogP contribution in [0.3, 0.4) is 0 Å². The van der Waals surface area contributed by atoms with Crippen molar-refractivity contribution in [3.05, 3.63) is 33.8 Å². The Balaban J connectivity index is 2.01. The van der Waals surface area contributed by atoms with Gasteiger partial charge in [0, 0.05) is 6.54 Å². The average molecular weight is 330 g/mol. The van der Waals surface area contributed by atoms with Crippen molar-refractivity contribution in [1.82, 2.24) is 4.90 Å². The molecule has 0 atom stereocenters. The van der Waals surface area contributed by atoms with Gasteiger partial charge < -0.3 is 5.11 Å². The molecule has 0 radical (unpaired) electrons. The Hall–Kier alpha value is -0.770. The largest absolute Gasteiger partial charge is 0.481 e. The zero-order chi connectivity index (χ0) is 15.5. The van der Waals surface area contributed by atoms with E-state index >= 15 is 0 Å². The van der Waals surface area contributed by atoms with Crippen LogP contribution in [0.1, 0.15) is 38.2 Å². The van der Waals surface area contributed by atoms with Crippen LogP contribution in [0.4, 0.5) is 0 Å². The molecule has 1 N–H and O–H groups in total. The number of halogens is 2. The number of piperidine rings is 1. The van der Waals surface area contributed by atoms with E-state index < -0.39 is 11.4 Å². The Kier molecular flexibility index (Phi) is 5.53. The number of benzene rings is 1. The molecule has 0 aliphatic carbocycles. The molecule has 1 saturated heterocycles. The van der Waals surface area contributed by atoms with Gasteiger partial charge in [0.25, 0.3) is 0 Å². The summed E-state index contributed by atoms with van der Waals surface area (Å²) in [6.07, 6.45) is 3.07. The van der Waals surface area contributed by atoms with E-state index in [9.17, 15) is 9.90 Å². The van der Waals surface area contributed by atoms with Gasteiger partial charge in [-0.25, -0.2) is 0 Å². The third-order valence-corrected chi connectivity index (χ3v) is 5.28. The quantitative estimate of drug-likeness (QED) is 0.866. The van der Waals surface area contributed by atoms with Crippen LogP contribution < -0.4 is 0 Å². The molecule has 3 nitrogen and oxygen atoms in total. The molecule has 5 heteroatoms. The second-order valence-electron chi connectivity index (χ2n) is 5.82. The molecule has 1 aromatic carbocycles. The van der Waals surface area contributed by atoms with Crippen LogP contribution in [0.5, 0.6) is 0 Å². The maximum Gasteiger partial charge on any atom is 0.309 e. The number of hydrogen-bond donors (Lipinski definition) is 1. The molecule has 1 fully saturated rings. The lowest BCUT2D eigenvalue weighted by Crippen LogP contribution is -2.44. The number of carbonyl (C=O) groups is 1. The van der Waals surface area contributed by atoms with Crippen molar-refractivity contribution in [3.8, 4) is 0 Å². The summed E-state index contributed by atoms with van der Waals surface area (Å²) >= 11 is 12.2. The first-order valence-corrected chi connectivity index (χ1v) is 8.13. The predicted octanol–water partition coefficient (Wildman–Crippen LogP) is 4.46. The smallest absolute Gasteiger partial charge is 0.309 e. The lowest BCUT2D eigenvalue weighted by atomic mass is 9.75. The number of aliphatic carboxylic acids is 1. The normalized spacial score (nSPS) is 18.6. The zero-order valence-electron chi connectivity index (χ0n) is 12.2. The second kappa shape index (κ2) is 6.99. The minimum Gasteiger partial charge on any atom is -0.481 e. The van der Waals surface area contributed by atoms with Gasteiger partial charge >= 0.3 is 5.97 Å². The van der Waals surface area contributed by atoms with Crippen LogP contribution in [0.25, 0.3) is 0 Å². The van der Waals surface area contributed by atoms with Crippen LogP contribution in [-0.4, -0.2) is 29.1 Å². The van der Waals surface area contributed by atoms with Gasteiger partial charge in [0.05, 0.1) is 15.5 Å². The van der Waals surface area contributed by atoms with E-state index in [-0.39, 0.29) is 0 Å². The van der Waals surface area contributed by atoms with Crippen LogP contribution in [0.15, 0.2) is 18.2 Å². The highest BCUT2D eigenvalue weighted by Crippen LogP contribution is 2.37. The predicted molar refractivity (Wildman–Crippen MR) is 85.9 cm³/mol. The van der Waals surface area contributed by atoms with Crippen molar-refractivity contribution in [2.75, 3.05) is 13.1 Å². The fraction of sp³-hybridized carbons (Fsp3) is 0.562. The maximum absolute atomic E-state index is 11.6. The first-order chi connectivity index (χ1) is 9.98. The Morgan fingerprint density at radius 2 is 2.00 bits per heavy atom. The molecule has 1 heterocycles. The molecule has 2 rings (SSSR count). The molecule has 116 valence electrons. The molecule has 0 saturated carbocycles. The number of likely N-dealkylation sites (tertiary alicyclic amines) is 1. The number of carboxylic acids is 1. The topological polar surface area (TPSA) is 40.5 Å². The lowest BCUT2D eigenvalue weighted by Gasteiger charge is -2.39. The highest BCUT2D eigenvalue weighted by molar-refractivity contribution is 6.42. The summed E-state index contributed by atoms with van der Waals surface area (Å²) in [7, 11) is 0. The van der Waals surface area contributed by atoms with Crippen molar-refractivity contribution < 1.29 is 9.90 Å². The third kappa shape index (κ3) is 3.71.